The first kappa shape index (κ1) is 12.2. The van der Waals surface area contributed by atoms with Crippen LogP contribution in [0.2, 0.25) is 0 Å². The summed E-state index contributed by atoms with van der Waals surface area (Å²) in [5.74, 6) is 1.65. The summed E-state index contributed by atoms with van der Waals surface area (Å²) >= 11 is 0. The third-order valence-electron chi connectivity index (χ3n) is 5.24. The van der Waals surface area contributed by atoms with Gasteiger partial charge in [-0.05, 0) is 50.5 Å². The van der Waals surface area contributed by atoms with Crippen LogP contribution in [0.3, 0.4) is 0 Å². The number of hydrogen-bond acceptors (Lipinski definition) is 2. The van der Waals surface area contributed by atoms with Crippen molar-refractivity contribution in [2.75, 3.05) is 0 Å². The summed E-state index contributed by atoms with van der Waals surface area (Å²) < 4.78 is 2.09. The van der Waals surface area contributed by atoms with Gasteiger partial charge in [0.15, 0.2) is 0 Å². The van der Waals surface area contributed by atoms with Crippen molar-refractivity contribution in [3.63, 3.8) is 0 Å². The molecule has 3 rings (SSSR count). The van der Waals surface area contributed by atoms with Crippen LogP contribution in [0.25, 0.3) is 0 Å². The van der Waals surface area contributed by atoms with E-state index in [9.17, 15) is 0 Å². The molecule has 2 saturated carbocycles. The second-order valence-corrected chi connectivity index (χ2v) is 6.53. The molecule has 100 valence electrons. The second kappa shape index (κ2) is 4.37. The van der Waals surface area contributed by atoms with Gasteiger partial charge in [-0.3, -0.25) is 4.68 Å². The summed E-state index contributed by atoms with van der Waals surface area (Å²) in [5.41, 5.74) is 7.87. The highest BCUT2D eigenvalue weighted by Crippen LogP contribution is 2.50. The van der Waals surface area contributed by atoms with Crippen LogP contribution >= 0.6 is 0 Å². The van der Waals surface area contributed by atoms with Crippen LogP contribution in [0.15, 0.2) is 12.3 Å². The number of aromatic nitrogens is 2. The van der Waals surface area contributed by atoms with Gasteiger partial charge in [0.25, 0.3) is 0 Å². The number of nitrogens with zero attached hydrogens (tertiary/aromatic N) is 2. The molecule has 0 aliphatic heterocycles. The van der Waals surface area contributed by atoms with E-state index in [0.29, 0.717) is 6.04 Å². The van der Waals surface area contributed by atoms with Crippen LogP contribution in [0.1, 0.15) is 57.7 Å². The Labute approximate surface area is 110 Å². The summed E-state index contributed by atoms with van der Waals surface area (Å²) in [7, 11) is 0. The Morgan fingerprint density at radius 1 is 1.56 bits per heavy atom. The third-order valence-corrected chi connectivity index (χ3v) is 5.24. The summed E-state index contributed by atoms with van der Waals surface area (Å²) in [5, 5.41) is 4.71. The molecule has 2 N–H and O–H groups in total. The largest absolute Gasteiger partial charge is 0.324 e. The summed E-state index contributed by atoms with van der Waals surface area (Å²) in [6.07, 6.45) is 9.53. The standard InChI is InChI=1S/C15H25N3/c1-3-11(2)18-7-6-14(17-18)10-15(16)9-12-4-5-13(15)8-12/h6-7,11-13H,3-5,8-10,16H2,1-2H3. The van der Waals surface area contributed by atoms with Gasteiger partial charge in [-0.25, -0.2) is 0 Å². The van der Waals surface area contributed by atoms with Crippen LogP contribution in [-0.4, -0.2) is 15.3 Å². The maximum absolute atomic E-state index is 6.64. The molecule has 0 saturated heterocycles. The molecule has 3 nitrogen and oxygen atoms in total. The van der Waals surface area contributed by atoms with Crippen LogP contribution in [0, 0.1) is 11.8 Å². The molecular formula is C15H25N3. The van der Waals surface area contributed by atoms with Crippen molar-refractivity contribution in [3.05, 3.63) is 18.0 Å². The topological polar surface area (TPSA) is 43.8 Å². The van der Waals surface area contributed by atoms with Gasteiger partial charge in [0.2, 0.25) is 0 Å². The van der Waals surface area contributed by atoms with E-state index in [1.807, 2.05) is 0 Å². The predicted molar refractivity (Wildman–Crippen MR) is 73.3 cm³/mol. The molecule has 3 heteroatoms. The minimum absolute atomic E-state index is 0.0392. The lowest BCUT2D eigenvalue weighted by Gasteiger charge is -2.33. The quantitative estimate of drug-likeness (QED) is 0.889. The first-order valence-corrected chi connectivity index (χ1v) is 7.43. The van der Waals surface area contributed by atoms with Crippen molar-refractivity contribution >= 4 is 0 Å². The van der Waals surface area contributed by atoms with E-state index in [2.05, 4.69) is 30.8 Å². The van der Waals surface area contributed by atoms with Gasteiger partial charge in [0.1, 0.15) is 0 Å². The van der Waals surface area contributed by atoms with Gasteiger partial charge < -0.3 is 5.73 Å². The Hall–Kier alpha value is -0.830. The highest BCUT2D eigenvalue weighted by atomic mass is 15.3. The smallest absolute Gasteiger partial charge is 0.0643 e. The highest BCUT2D eigenvalue weighted by molar-refractivity contribution is 5.12. The number of rotatable bonds is 4. The first-order chi connectivity index (χ1) is 8.60. The average molecular weight is 247 g/mol. The lowest BCUT2D eigenvalue weighted by Crippen LogP contribution is -2.47. The molecule has 0 aromatic carbocycles. The minimum atomic E-state index is 0.0392. The van der Waals surface area contributed by atoms with Gasteiger partial charge in [0.05, 0.1) is 5.69 Å². The Kier molecular flexibility index (Phi) is 2.97. The lowest BCUT2D eigenvalue weighted by atomic mass is 9.78. The van der Waals surface area contributed by atoms with Crippen LogP contribution in [0.4, 0.5) is 0 Å². The second-order valence-electron chi connectivity index (χ2n) is 6.53. The molecule has 1 heterocycles. The maximum Gasteiger partial charge on any atom is 0.0643 e. The Bertz CT molecular complexity index is 425. The fourth-order valence-electron chi connectivity index (χ4n) is 3.94. The van der Waals surface area contributed by atoms with Gasteiger partial charge in [-0.2, -0.15) is 5.10 Å². The lowest BCUT2D eigenvalue weighted by molar-refractivity contribution is 0.266. The zero-order valence-electron chi connectivity index (χ0n) is 11.6. The van der Waals surface area contributed by atoms with Crippen molar-refractivity contribution in [1.82, 2.24) is 9.78 Å². The number of hydrogen-bond donors (Lipinski definition) is 1. The highest BCUT2D eigenvalue weighted by Gasteiger charge is 2.48. The molecule has 1 aromatic heterocycles. The molecule has 4 atom stereocenters. The number of nitrogens with two attached hydrogens (primary N) is 1. The van der Waals surface area contributed by atoms with Crippen molar-refractivity contribution < 1.29 is 0 Å². The molecule has 1 aromatic rings. The van der Waals surface area contributed by atoms with Crippen molar-refractivity contribution in [3.8, 4) is 0 Å². The van der Waals surface area contributed by atoms with Gasteiger partial charge in [0, 0.05) is 24.2 Å². The zero-order valence-corrected chi connectivity index (χ0v) is 11.6. The van der Waals surface area contributed by atoms with E-state index in [1.165, 1.54) is 31.4 Å². The van der Waals surface area contributed by atoms with Crippen LogP contribution in [-0.2, 0) is 6.42 Å². The van der Waals surface area contributed by atoms with E-state index in [0.717, 1.165) is 24.7 Å². The summed E-state index contributed by atoms with van der Waals surface area (Å²) in [6, 6.07) is 2.65. The van der Waals surface area contributed by atoms with E-state index in [-0.39, 0.29) is 5.54 Å². The van der Waals surface area contributed by atoms with Gasteiger partial charge in [-0.15, -0.1) is 0 Å². The molecule has 2 fully saturated rings. The normalized spacial score (nSPS) is 36.2. The Morgan fingerprint density at radius 2 is 2.39 bits per heavy atom. The van der Waals surface area contributed by atoms with Crippen LogP contribution < -0.4 is 5.73 Å². The molecule has 2 bridgehead atoms. The van der Waals surface area contributed by atoms with Crippen molar-refractivity contribution in [2.45, 2.75) is 64.0 Å². The van der Waals surface area contributed by atoms with Gasteiger partial charge in [-0.1, -0.05) is 13.3 Å². The SMILES string of the molecule is CCC(C)n1ccc(CC2(N)CC3CCC2C3)n1. The molecule has 0 radical (unpaired) electrons. The van der Waals surface area contributed by atoms with Gasteiger partial charge >= 0.3 is 0 Å². The Balaban J connectivity index is 1.71. The summed E-state index contributed by atoms with van der Waals surface area (Å²) in [4.78, 5) is 0. The first-order valence-electron chi connectivity index (χ1n) is 7.43. The molecular weight excluding hydrogens is 222 g/mol. The molecule has 2 aliphatic rings. The number of fused-ring (bicyclic) bond motifs is 2. The minimum Gasteiger partial charge on any atom is -0.324 e. The maximum atomic E-state index is 6.64. The fraction of sp³-hybridized carbons (Fsp3) is 0.800. The zero-order chi connectivity index (χ0) is 12.8. The molecule has 0 spiro atoms. The molecule has 4 unspecified atom stereocenters. The van der Waals surface area contributed by atoms with E-state index in [1.54, 1.807) is 0 Å². The van der Waals surface area contributed by atoms with Crippen LogP contribution in [0.5, 0.6) is 0 Å². The molecule has 18 heavy (non-hydrogen) atoms. The van der Waals surface area contributed by atoms with E-state index < -0.39 is 0 Å². The monoisotopic (exact) mass is 247 g/mol. The summed E-state index contributed by atoms with van der Waals surface area (Å²) in [6.45, 7) is 4.42. The van der Waals surface area contributed by atoms with Crippen molar-refractivity contribution in [1.29, 1.82) is 0 Å². The Morgan fingerprint density at radius 3 is 3.00 bits per heavy atom. The van der Waals surface area contributed by atoms with E-state index in [4.69, 9.17) is 10.8 Å². The van der Waals surface area contributed by atoms with Crippen molar-refractivity contribution in [2.24, 2.45) is 17.6 Å². The fourth-order valence-corrected chi connectivity index (χ4v) is 3.94. The molecule has 2 aliphatic carbocycles. The average Bonchev–Trinajstić information content (AvgIpc) is 3.02. The van der Waals surface area contributed by atoms with E-state index >= 15 is 0 Å². The molecule has 0 amide bonds. The predicted octanol–water partition coefficient (Wildman–Crippen LogP) is 2.91. The third kappa shape index (κ3) is 1.99.